The Balaban J connectivity index is 2.11. The van der Waals surface area contributed by atoms with E-state index in [1.807, 2.05) is 18.2 Å². The van der Waals surface area contributed by atoms with E-state index in [0.717, 1.165) is 5.56 Å². The lowest BCUT2D eigenvalue weighted by Gasteiger charge is -2.06. The van der Waals surface area contributed by atoms with Gasteiger partial charge in [0.25, 0.3) is 0 Å². The van der Waals surface area contributed by atoms with Crippen molar-refractivity contribution >= 4 is 23.2 Å². The van der Waals surface area contributed by atoms with Crippen molar-refractivity contribution in [1.29, 1.82) is 0 Å². The van der Waals surface area contributed by atoms with Gasteiger partial charge in [0.1, 0.15) is 6.61 Å². The third-order valence-corrected chi connectivity index (χ3v) is 2.60. The lowest BCUT2D eigenvalue weighted by Crippen LogP contribution is -2.03. The first-order valence-electron chi connectivity index (χ1n) is 5.01. The molecule has 0 aliphatic heterocycles. The molecule has 0 saturated carbocycles. The summed E-state index contributed by atoms with van der Waals surface area (Å²) in [6.07, 6.45) is 0. The second kappa shape index (κ2) is 5.84. The topological polar surface area (TPSA) is 57.1 Å². The van der Waals surface area contributed by atoms with Crippen LogP contribution in [0.4, 0.5) is 0 Å². The highest BCUT2D eigenvalue weighted by Gasteiger charge is 2.07. The molecule has 1 aromatic heterocycles. The van der Waals surface area contributed by atoms with Crippen molar-refractivity contribution in [2.45, 2.75) is 6.61 Å². The van der Waals surface area contributed by atoms with Gasteiger partial charge in [-0.1, -0.05) is 29.8 Å². The Kier molecular flexibility index (Phi) is 4.17. The summed E-state index contributed by atoms with van der Waals surface area (Å²) in [5, 5.41) is 0.626. The smallest absolute Gasteiger partial charge is 0.324 e. The average Bonchev–Trinajstić information content (AvgIpc) is 2.37. The lowest BCUT2D eigenvalue weighted by atomic mass is 10.2. The third-order valence-electron chi connectivity index (χ3n) is 2.06. The zero-order valence-corrected chi connectivity index (χ0v) is 10.9. The van der Waals surface area contributed by atoms with Crippen LogP contribution in [0, 0.1) is 0 Å². The number of methoxy groups -OCH3 is 1. The van der Waals surface area contributed by atoms with Gasteiger partial charge in [-0.25, -0.2) is 0 Å². The number of nitrogens with zero attached hydrogens (tertiary/aromatic N) is 3. The highest BCUT2D eigenvalue weighted by atomic mass is 35.5. The molecule has 0 radical (unpaired) electrons. The molecule has 0 fully saturated rings. The van der Waals surface area contributed by atoms with Crippen LogP contribution in [-0.4, -0.2) is 22.1 Å². The quantitative estimate of drug-likeness (QED) is 0.865. The standard InChI is InChI=1S/C11H9Cl2N3O2/c1-17-10-14-9(13)15-11(16-10)18-6-7-4-2-3-5-8(7)12/h2-5H,6H2,1H3. The minimum atomic E-state index is 0.0102. The fourth-order valence-electron chi connectivity index (χ4n) is 1.23. The number of aromatic nitrogens is 3. The first kappa shape index (κ1) is 12.9. The molecule has 0 unspecified atom stereocenters. The molecule has 94 valence electrons. The molecule has 0 aliphatic rings. The van der Waals surface area contributed by atoms with E-state index < -0.39 is 0 Å². The zero-order valence-electron chi connectivity index (χ0n) is 9.43. The van der Waals surface area contributed by atoms with Gasteiger partial charge in [0.05, 0.1) is 7.11 Å². The average molecular weight is 286 g/mol. The Morgan fingerprint density at radius 3 is 2.50 bits per heavy atom. The van der Waals surface area contributed by atoms with E-state index in [0.29, 0.717) is 5.02 Å². The van der Waals surface area contributed by atoms with E-state index in [-0.39, 0.29) is 23.9 Å². The van der Waals surface area contributed by atoms with Gasteiger partial charge in [0.2, 0.25) is 5.28 Å². The Hall–Kier alpha value is -1.59. The van der Waals surface area contributed by atoms with Crippen LogP contribution in [0.5, 0.6) is 12.0 Å². The zero-order chi connectivity index (χ0) is 13.0. The molecular formula is C11H9Cl2N3O2. The molecule has 2 rings (SSSR count). The van der Waals surface area contributed by atoms with Crippen LogP contribution in [0.3, 0.4) is 0 Å². The molecule has 5 nitrogen and oxygen atoms in total. The van der Waals surface area contributed by atoms with Gasteiger partial charge >= 0.3 is 12.0 Å². The second-order valence-corrected chi connectivity index (χ2v) is 4.00. The van der Waals surface area contributed by atoms with Crippen molar-refractivity contribution in [2.24, 2.45) is 0 Å². The lowest BCUT2D eigenvalue weighted by molar-refractivity contribution is 0.270. The summed E-state index contributed by atoms with van der Waals surface area (Å²) in [6, 6.07) is 7.53. The molecule has 7 heteroatoms. The van der Waals surface area contributed by atoms with Crippen molar-refractivity contribution in [3.05, 3.63) is 40.1 Å². The first-order valence-corrected chi connectivity index (χ1v) is 5.76. The van der Waals surface area contributed by atoms with Crippen LogP contribution in [0.25, 0.3) is 0 Å². The van der Waals surface area contributed by atoms with Crippen LogP contribution in [0.1, 0.15) is 5.56 Å². The normalized spacial score (nSPS) is 10.2. The van der Waals surface area contributed by atoms with Gasteiger partial charge in [-0.15, -0.1) is 4.98 Å². The van der Waals surface area contributed by atoms with Gasteiger partial charge in [0, 0.05) is 10.6 Å². The monoisotopic (exact) mass is 285 g/mol. The van der Waals surface area contributed by atoms with Gasteiger partial charge in [-0.3, -0.25) is 0 Å². The Morgan fingerprint density at radius 2 is 1.78 bits per heavy atom. The number of hydrogen-bond acceptors (Lipinski definition) is 5. The molecule has 0 N–H and O–H groups in total. The predicted octanol–water partition coefficient (Wildman–Crippen LogP) is 2.77. The minimum absolute atomic E-state index is 0.0102. The van der Waals surface area contributed by atoms with Crippen molar-refractivity contribution in [1.82, 2.24) is 15.0 Å². The van der Waals surface area contributed by atoms with Crippen LogP contribution < -0.4 is 9.47 Å². The predicted molar refractivity (Wildman–Crippen MR) is 67.2 cm³/mol. The molecular weight excluding hydrogens is 277 g/mol. The molecule has 0 bridgehead atoms. The summed E-state index contributed by atoms with van der Waals surface area (Å²) in [6.45, 7) is 0.239. The third kappa shape index (κ3) is 3.21. The summed E-state index contributed by atoms with van der Waals surface area (Å²) in [5.74, 6) is 0. The Bertz CT molecular complexity index is 552. The first-order chi connectivity index (χ1) is 8.69. The summed E-state index contributed by atoms with van der Waals surface area (Å²) in [7, 11) is 1.43. The fraction of sp³-hybridized carbons (Fsp3) is 0.182. The van der Waals surface area contributed by atoms with Crippen molar-refractivity contribution in [3.8, 4) is 12.0 Å². The summed E-state index contributed by atoms with van der Waals surface area (Å²) >= 11 is 11.7. The maximum absolute atomic E-state index is 6.00. The van der Waals surface area contributed by atoms with E-state index in [9.17, 15) is 0 Å². The SMILES string of the molecule is COc1nc(Cl)nc(OCc2ccccc2Cl)n1. The molecule has 1 aromatic carbocycles. The highest BCUT2D eigenvalue weighted by Crippen LogP contribution is 2.18. The summed E-state index contributed by atoms with van der Waals surface area (Å²) in [4.78, 5) is 11.5. The van der Waals surface area contributed by atoms with Crippen molar-refractivity contribution in [3.63, 3.8) is 0 Å². The van der Waals surface area contributed by atoms with E-state index >= 15 is 0 Å². The molecule has 0 amide bonds. The molecule has 18 heavy (non-hydrogen) atoms. The van der Waals surface area contributed by atoms with Crippen molar-refractivity contribution in [2.75, 3.05) is 7.11 Å². The number of ether oxygens (including phenoxy) is 2. The van der Waals surface area contributed by atoms with E-state index in [1.165, 1.54) is 7.11 Å². The highest BCUT2D eigenvalue weighted by molar-refractivity contribution is 6.31. The number of rotatable bonds is 4. The summed E-state index contributed by atoms with van der Waals surface area (Å²) < 4.78 is 10.2. The van der Waals surface area contributed by atoms with Crippen LogP contribution in [0.15, 0.2) is 24.3 Å². The van der Waals surface area contributed by atoms with E-state index in [2.05, 4.69) is 15.0 Å². The van der Waals surface area contributed by atoms with Crippen LogP contribution >= 0.6 is 23.2 Å². The molecule has 0 atom stereocenters. The Morgan fingerprint density at radius 1 is 1.06 bits per heavy atom. The Labute approximate surface area is 114 Å². The maximum atomic E-state index is 6.00. The fourth-order valence-corrected chi connectivity index (χ4v) is 1.56. The van der Waals surface area contributed by atoms with Crippen LogP contribution in [-0.2, 0) is 6.61 Å². The van der Waals surface area contributed by atoms with E-state index in [1.54, 1.807) is 6.07 Å². The van der Waals surface area contributed by atoms with E-state index in [4.69, 9.17) is 32.7 Å². The van der Waals surface area contributed by atoms with Crippen LogP contribution in [0.2, 0.25) is 10.3 Å². The molecule has 1 heterocycles. The number of benzene rings is 1. The van der Waals surface area contributed by atoms with Gasteiger partial charge in [0.15, 0.2) is 0 Å². The second-order valence-electron chi connectivity index (χ2n) is 3.25. The maximum Gasteiger partial charge on any atom is 0.324 e. The molecule has 2 aromatic rings. The van der Waals surface area contributed by atoms with Gasteiger partial charge < -0.3 is 9.47 Å². The minimum Gasteiger partial charge on any atom is -0.467 e. The molecule has 0 spiro atoms. The number of halogens is 2. The van der Waals surface area contributed by atoms with Gasteiger partial charge in [-0.2, -0.15) is 9.97 Å². The largest absolute Gasteiger partial charge is 0.467 e. The number of hydrogen-bond donors (Lipinski definition) is 0. The van der Waals surface area contributed by atoms with Crippen molar-refractivity contribution < 1.29 is 9.47 Å². The molecule has 0 aliphatic carbocycles. The summed E-state index contributed by atoms with van der Waals surface area (Å²) in [5.41, 5.74) is 0.828. The van der Waals surface area contributed by atoms with Gasteiger partial charge in [-0.05, 0) is 17.7 Å². The molecule has 0 saturated heterocycles.